The molecule has 7 heteroatoms. The number of hydrogen-bond acceptors (Lipinski definition) is 3. The zero-order valence-corrected chi connectivity index (χ0v) is 12.8. The average molecular weight is 321 g/mol. The highest BCUT2D eigenvalue weighted by Crippen LogP contribution is 2.30. The van der Waals surface area contributed by atoms with Gasteiger partial charge in [0.25, 0.3) is 0 Å². The van der Waals surface area contributed by atoms with Crippen molar-refractivity contribution >= 4 is 27.3 Å². The lowest BCUT2D eigenvalue weighted by Crippen LogP contribution is -2.40. The van der Waals surface area contributed by atoms with E-state index < -0.39 is 20.7 Å². The van der Waals surface area contributed by atoms with E-state index in [1.165, 1.54) is 10.4 Å². The minimum absolute atomic E-state index is 0.138. The fraction of sp³-hybridized carbons (Fsp3) is 0.538. The van der Waals surface area contributed by atoms with Gasteiger partial charge in [0.1, 0.15) is 4.90 Å². The fourth-order valence-electron chi connectivity index (χ4n) is 2.49. The van der Waals surface area contributed by atoms with Crippen LogP contribution < -0.4 is 5.73 Å². The summed E-state index contributed by atoms with van der Waals surface area (Å²) >= 11 is 5.68. The van der Waals surface area contributed by atoms with E-state index in [9.17, 15) is 12.8 Å². The van der Waals surface area contributed by atoms with Crippen molar-refractivity contribution in [3.05, 3.63) is 23.0 Å². The summed E-state index contributed by atoms with van der Waals surface area (Å²) in [7, 11) is -3.89. The van der Waals surface area contributed by atoms with Gasteiger partial charge in [0.05, 0.1) is 5.02 Å². The van der Waals surface area contributed by atoms with Crippen LogP contribution in [-0.4, -0.2) is 25.8 Å². The molecule has 0 amide bonds. The predicted molar refractivity (Wildman–Crippen MR) is 77.6 cm³/mol. The molecule has 1 atom stereocenters. The van der Waals surface area contributed by atoms with E-state index in [1.807, 2.05) is 6.92 Å². The highest BCUT2D eigenvalue weighted by Gasteiger charge is 2.32. The van der Waals surface area contributed by atoms with E-state index in [4.69, 9.17) is 17.3 Å². The second-order valence-electron chi connectivity index (χ2n) is 5.09. The Balaban J connectivity index is 2.40. The standard InChI is InChI=1S/C13H18ClFN2O2S/c1-2-9-4-3-5-17(8-9)20(18,19)12-7-10(16)6-11(14)13(12)15/h6-7,9H,2-5,8,16H2,1H3. The Labute approximate surface area is 123 Å². The van der Waals surface area contributed by atoms with Crippen LogP contribution in [0.4, 0.5) is 10.1 Å². The van der Waals surface area contributed by atoms with Gasteiger partial charge in [-0.15, -0.1) is 0 Å². The molecule has 0 bridgehead atoms. The zero-order valence-electron chi connectivity index (χ0n) is 11.3. The normalized spacial score (nSPS) is 21.1. The Morgan fingerprint density at radius 1 is 1.50 bits per heavy atom. The van der Waals surface area contributed by atoms with Crippen LogP contribution in [0.25, 0.3) is 0 Å². The Morgan fingerprint density at radius 2 is 2.20 bits per heavy atom. The summed E-state index contributed by atoms with van der Waals surface area (Å²) in [5.74, 6) is -0.613. The van der Waals surface area contributed by atoms with Gasteiger partial charge in [-0.2, -0.15) is 4.31 Å². The van der Waals surface area contributed by atoms with Gasteiger partial charge < -0.3 is 5.73 Å². The summed E-state index contributed by atoms with van der Waals surface area (Å²) in [6.07, 6.45) is 2.70. The van der Waals surface area contributed by atoms with Gasteiger partial charge in [-0.1, -0.05) is 24.9 Å². The smallest absolute Gasteiger partial charge is 0.246 e. The van der Waals surface area contributed by atoms with Gasteiger partial charge in [-0.05, 0) is 30.9 Å². The SMILES string of the molecule is CCC1CCCN(S(=O)(=O)c2cc(N)cc(Cl)c2F)C1. The summed E-state index contributed by atoms with van der Waals surface area (Å²) in [4.78, 5) is -0.431. The largest absolute Gasteiger partial charge is 0.399 e. The van der Waals surface area contributed by atoms with E-state index in [0.717, 1.165) is 25.3 Å². The average Bonchev–Trinajstić information content (AvgIpc) is 2.42. The number of sulfonamides is 1. The van der Waals surface area contributed by atoms with Crippen LogP contribution in [0.15, 0.2) is 17.0 Å². The number of benzene rings is 1. The second-order valence-corrected chi connectivity index (χ2v) is 7.41. The highest BCUT2D eigenvalue weighted by atomic mass is 35.5. The molecule has 0 saturated carbocycles. The van der Waals surface area contributed by atoms with Gasteiger partial charge in [-0.25, -0.2) is 12.8 Å². The van der Waals surface area contributed by atoms with Crippen LogP contribution in [0.5, 0.6) is 0 Å². The quantitative estimate of drug-likeness (QED) is 0.871. The van der Waals surface area contributed by atoms with Crippen LogP contribution in [0, 0.1) is 11.7 Å². The molecule has 0 aromatic heterocycles. The number of halogens is 2. The van der Waals surface area contributed by atoms with Gasteiger partial charge in [0.15, 0.2) is 5.82 Å². The molecular weight excluding hydrogens is 303 g/mol. The zero-order chi connectivity index (χ0) is 14.9. The van der Waals surface area contributed by atoms with Crippen molar-refractivity contribution in [3.8, 4) is 0 Å². The van der Waals surface area contributed by atoms with Crippen molar-refractivity contribution < 1.29 is 12.8 Å². The third-order valence-corrected chi connectivity index (χ3v) is 5.83. The van der Waals surface area contributed by atoms with Crippen molar-refractivity contribution in [1.82, 2.24) is 4.31 Å². The first-order chi connectivity index (χ1) is 9.36. The van der Waals surface area contributed by atoms with Crippen LogP contribution in [-0.2, 0) is 10.0 Å². The number of hydrogen-bond donors (Lipinski definition) is 1. The van der Waals surface area contributed by atoms with Crippen molar-refractivity contribution in [2.45, 2.75) is 31.1 Å². The van der Waals surface area contributed by atoms with Crippen LogP contribution in [0.3, 0.4) is 0 Å². The molecule has 1 aromatic rings. The summed E-state index contributed by atoms with van der Waals surface area (Å²) < 4.78 is 40.4. The number of nitrogens with zero attached hydrogens (tertiary/aromatic N) is 1. The van der Waals surface area contributed by atoms with E-state index in [2.05, 4.69) is 0 Å². The van der Waals surface area contributed by atoms with E-state index >= 15 is 0 Å². The van der Waals surface area contributed by atoms with Gasteiger partial charge in [0, 0.05) is 18.8 Å². The van der Waals surface area contributed by atoms with Crippen LogP contribution in [0.1, 0.15) is 26.2 Å². The third kappa shape index (κ3) is 2.92. The first-order valence-electron chi connectivity index (χ1n) is 6.61. The number of rotatable bonds is 3. The molecule has 0 radical (unpaired) electrons. The van der Waals surface area contributed by atoms with E-state index in [0.29, 0.717) is 19.0 Å². The molecular formula is C13H18ClFN2O2S. The van der Waals surface area contributed by atoms with Crippen LogP contribution >= 0.6 is 11.6 Å². The van der Waals surface area contributed by atoms with Gasteiger partial charge >= 0.3 is 0 Å². The predicted octanol–water partition coefficient (Wildman–Crippen LogP) is 2.87. The maximum absolute atomic E-state index is 14.0. The number of nitrogens with two attached hydrogens (primary N) is 1. The van der Waals surface area contributed by atoms with Crippen LogP contribution in [0.2, 0.25) is 5.02 Å². The summed E-state index contributed by atoms with van der Waals surface area (Å²) in [6.45, 7) is 2.86. The topological polar surface area (TPSA) is 63.4 Å². The summed E-state index contributed by atoms with van der Waals surface area (Å²) in [6, 6.07) is 2.34. The summed E-state index contributed by atoms with van der Waals surface area (Å²) in [5, 5.41) is -0.271. The third-order valence-electron chi connectivity index (χ3n) is 3.69. The Bertz CT molecular complexity index is 607. The molecule has 20 heavy (non-hydrogen) atoms. The Hall–Kier alpha value is -0.850. The molecule has 2 N–H and O–H groups in total. The number of anilines is 1. The molecule has 112 valence electrons. The van der Waals surface area contributed by atoms with Crippen molar-refractivity contribution in [2.24, 2.45) is 5.92 Å². The van der Waals surface area contributed by atoms with E-state index in [-0.39, 0.29) is 10.7 Å². The van der Waals surface area contributed by atoms with Crippen molar-refractivity contribution in [1.29, 1.82) is 0 Å². The monoisotopic (exact) mass is 320 g/mol. The minimum Gasteiger partial charge on any atom is -0.399 e. The van der Waals surface area contributed by atoms with E-state index in [1.54, 1.807) is 0 Å². The molecule has 1 fully saturated rings. The lowest BCUT2D eigenvalue weighted by atomic mass is 9.97. The molecule has 1 unspecified atom stereocenters. The molecule has 0 spiro atoms. The maximum Gasteiger partial charge on any atom is 0.246 e. The lowest BCUT2D eigenvalue weighted by Gasteiger charge is -2.31. The highest BCUT2D eigenvalue weighted by molar-refractivity contribution is 7.89. The molecule has 1 aromatic carbocycles. The lowest BCUT2D eigenvalue weighted by molar-refractivity contribution is 0.261. The first kappa shape index (κ1) is 15.5. The minimum atomic E-state index is -3.89. The molecule has 1 saturated heterocycles. The molecule has 1 aliphatic heterocycles. The van der Waals surface area contributed by atoms with Gasteiger partial charge in [-0.3, -0.25) is 0 Å². The molecule has 2 rings (SSSR count). The summed E-state index contributed by atoms with van der Waals surface area (Å²) in [5.41, 5.74) is 5.71. The first-order valence-corrected chi connectivity index (χ1v) is 8.42. The number of nitrogen functional groups attached to an aromatic ring is 1. The van der Waals surface area contributed by atoms with Crippen molar-refractivity contribution in [2.75, 3.05) is 18.8 Å². The Morgan fingerprint density at radius 3 is 2.85 bits per heavy atom. The maximum atomic E-state index is 14.0. The molecule has 4 nitrogen and oxygen atoms in total. The second kappa shape index (κ2) is 5.87. The molecule has 1 aliphatic rings. The molecule has 0 aliphatic carbocycles. The Kier molecular flexibility index (Phi) is 4.56. The fourth-order valence-corrected chi connectivity index (χ4v) is 4.45. The van der Waals surface area contributed by atoms with Gasteiger partial charge in [0.2, 0.25) is 10.0 Å². The number of piperidine rings is 1. The van der Waals surface area contributed by atoms with Crippen molar-refractivity contribution in [3.63, 3.8) is 0 Å². The molecule has 1 heterocycles.